The molecule has 18 heavy (non-hydrogen) atoms. The van der Waals surface area contributed by atoms with Crippen molar-refractivity contribution in [3.8, 4) is 0 Å². The number of rotatable bonds is 7. The van der Waals surface area contributed by atoms with Crippen molar-refractivity contribution >= 4 is 27.6 Å². The van der Waals surface area contributed by atoms with E-state index in [1.54, 1.807) is 12.1 Å². The fourth-order valence-corrected chi connectivity index (χ4v) is 3.14. The number of nitro groups is 1. The average Bonchev–Trinajstić information content (AvgIpc) is 2.27. The molecule has 1 aromatic rings. The van der Waals surface area contributed by atoms with Gasteiger partial charge in [0.05, 0.1) is 10.7 Å². The topological polar surface area (TPSA) is 97.5 Å². The van der Waals surface area contributed by atoms with Gasteiger partial charge < -0.3 is 0 Å². The van der Waals surface area contributed by atoms with Crippen molar-refractivity contribution < 1.29 is 17.9 Å². The lowest BCUT2D eigenvalue weighted by Crippen LogP contribution is -2.06. The number of non-ortho nitro benzene ring substituents is 1. The van der Waals surface area contributed by atoms with Crippen LogP contribution in [0.4, 0.5) is 5.69 Å². The van der Waals surface area contributed by atoms with Crippen molar-refractivity contribution in [3.63, 3.8) is 0 Å². The molecule has 0 heterocycles. The van der Waals surface area contributed by atoms with E-state index in [1.807, 2.05) is 0 Å². The van der Waals surface area contributed by atoms with Crippen molar-refractivity contribution in [1.29, 1.82) is 0 Å². The van der Waals surface area contributed by atoms with Gasteiger partial charge in [0, 0.05) is 17.9 Å². The van der Waals surface area contributed by atoms with E-state index in [1.165, 1.54) is 23.9 Å². The number of benzene rings is 1. The van der Waals surface area contributed by atoms with Crippen LogP contribution in [-0.4, -0.2) is 35.2 Å². The van der Waals surface area contributed by atoms with Gasteiger partial charge in [-0.15, -0.1) is 0 Å². The van der Waals surface area contributed by atoms with Gasteiger partial charge in [0.25, 0.3) is 15.8 Å². The Bertz CT molecular complexity index is 498. The molecule has 0 radical (unpaired) electrons. The third kappa shape index (κ3) is 5.99. The minimum absolute atomic E-state index is 0.0535. The van der Waals surface area contributed by atoms with E-state index >= 15 is 0 Å². The van der Waals surface area contributed by atoms with E-state index in [2.05, 4.69) is 0 Å². The molecule has 0 atom stereocenters. The quantitative estimate of drug-likeness (QED) is 0.356. The number of nitrogens with zero attached hydrogens (tertiary/aromatic N) is 1. The van der Waals surface area contributed by atoms with Gasteiger partial charge in [-0.1, -0.05) is 12.1 Å². The summed E-state index contributed by atoms with van der Waals surface area (Å²) in [6.45, 7) is 0. The maximum Gasteiger partial charge on any atom is 0.269 e. The van der Waals surface area contributed by atoms with Crippen LogP contribution in [0.1, 0.15) is 5.56 Å². The summed E-state index contributed by atoms with van der Waals surface area (Å²) in [4.78, 5) is 9.97. The van der Waals surface area contributed by atoms with E-state index in [0.29, 0.717) is 17.9 Å². The van der Waals surface area contributed by atoms with Gasteiger partial charge >= 0.3 is 0 Å². The Kier molecular flexibility index (Phi) is 5.57. The molecule has 6 nitrogen and oxygen atoms in total. The smallest absolute Gasteiger partial charge is 0.269 e. The first kappa shape index (κ1) is 14.9. The van der Waals surface area contributed by atoms with Gasteiger partial charge in [-0.3, -0.25) is 14.7 Å². The second kappa shape index (κ2) is 6.72. The minimum atomic E-state index is -3.88. The van der Waals surface area contributed by atoms with Gasteiger partial charge in [-0.2, -0.15) is 20.2 Å². The van der Waals surface area contributed by atoms with Crippen LogP contribution in [0.3, 0.4) is 0 Å². The molecule has 1 aromatic carbocycles. The molecule has 0 unspecified atom stereocenters. The molecule has 1 rings (SSSR count). The van der Waals surface area contributed by atoms with E-state index in [9.17, 15) is 18.5 Å². The van der Waals surface area contributed by atoms with E-state index < -0.39 is 15.0 Å². The van der Waals surface area contributed by atoms with Crippen LogP contribution in [0, 0.1) is 10.1 Å². The van der Waals surface area contributed by atoms with E-state index in [0.717, 1.165) is 5.56 Å². The highest BCUT2D eigenvalue weighted by Gasteiger charge is 2.05. The van der Waals surface area contributed by atoms with E-state index in [-0.39, 0.29) is 11.4 Å². The van der Waals surface area contributed by atoms with Crippen molar-refractivity contribution in [2.75, 3.05) is 17.3 Å². The molecule has 0 fully saturated rings. The predicted molar refractivity (Wildman–Crippen MR) is 70.5 cm³/mol. The first-order valence-electron chi connectivity index (χ1n) is 5.15. The van der Waals surface area contributed by atoms with Crippen LogP contribution in [-0.2, 0) is 16.5 Å². The van der Waals surface area contributed by atoms with Crippen molar-refractivity contribution in [2.24, 2.45) is 0 Å². The molecule has 0 aromatic heterocycles. The Morgan fingerprint density at radius 3 is 2.33 bits per heavy atom. The molecule has 8 heteroatoms. The highest BCUT2D eigenvalue weighted by atomic mass is 32.2. The Hall–Kier alpha value is -1.12. The molecule has 100 valence electrons. The fourth-order valence-electron chi connectivity index (χ4n) is 1.24. The first-order chi connectivity index (χ1) is 8.38. The molecule has 0 aliphatic carbocycles. The molecule has 0 saturated carbocycles. The molecule has 0 amide bonds. The zero-order chi connectivity index (χ0) is 13.6. The summed E-state index contributed by atoms with van der Waals surface area (Å²) >= 11 is 1.41. The number of hydrogen-bond acceptors (Lipinski definition) is 5. The summed E-state index contributed by atoms with van der Waals surface area (Å²) in [6, 6.07) is 6.25. The predicted octanol–water partition coefficient (Wildman–Crippen LogP) is 1.76. The zero-order valence-electron chi connectivity index (χ0n) is 9.48. The van der Waals surface area contributed by atoms with Crippen LogP contribution in [0.5, 0.6) is 0 Å². The van der Waals surface area contributed by atoms with Crippen LogP contribution >= 0.6 is 11.8 Å². The molecule has 0 aliphatic heterocycles. The second-order valence-electron chi connectivity index (χ2n) is 3.57. The Morgan fingerprint density at radius 2 is 1.83 bits per heavy atom. The monoisotopic (exact) mass is 291 g/mol. The summed E-state index contributed by atoms with van der Waals surface area (Å²) in [5.74, 6) is 0.789. The van der Waals surface area contributed by atoms with Crippen molar-refractivity contribution in [2.45, 2.75) is 6.42 Å². The number of aryl methyl sites for hydroxylation is 1. The third-order valence-electron chi connectivity index (χ3n) is 2.17. The Balaban J connectivity index is 2.29. The lowest BCUT2D eigenvalue weighted by atomic mass is 10.1. The van der Waals surface area contributed by atoms with Gasteiger partial charge in [0.2, 0.25) is 0 Å². The summed E-state index contributed by atoms with van der Waals surface area (Å²) in [5, 5.41) is 10.4. The Labute approximate surface area is 109 Å². The zero-order valence-corrected chi connectivity index (χ0v) is 11.1. The summed E-state index contributed by atoms with van der Waals surface area (Å²) in [6.07, 6.45) is 0.703. The third-order valence-corrected chi connectivity index (χ3v) is 4.13. The lowest BCUT2D eigenvalue weighted by molar-refractivity contribution is -0.384. The second-order valence-corrected chi connectivity index (χ2v) is 6.37. The van der Waals surface area contributed by atoms with Gasteiger partial charge in [0.15, 0.2) is 0 Å². The molecule has 0 bridgehead atoms. The standard InChI is InChI=1S/C10H13NO5S2/c12-11(13)10-3-1-9(2-4-10)5-6-17-7-8-18(14,15)16/h1-4H,5-8H2,(H,14,15,16). The molecule has 0 spiro atoms. The fraction of sp³-hybridized carbons (Fsp3) is 0.400. The molecule has 1 N–H and O–H groups in total. The maximum absolute atomic E-state index is 10.4. The first-order valence-corrected chi connectivity index (χ1v) is 7.91. The SMILES string of the molecule is O=[N+]([O-])c1ccc(CCSCCS(=O)(=O)O)cc1. The summed E-state index contributed by atoms with van der Waals surface area (Å²) in [5.41, 5.74) is 1.01. The maximum atomic E-state index is 10.4. The Morgan fingerprint density at radius 1 is 1.22 bits per heavy atom. The van der Waals surface area contributed by atoms with Crippen LogP contribution < -0.4 is 0 Å². The minimum Gasteiger partial charge on any atom is -0.286 e. The molecule has 0 aliphatic rings. The van der Waals surface area contributed by atoms with Crippen LogP contribution in [0.2, 0.25) is 0 Å². The van der Waals surface area contributed by atoms with Crippen LogP contribution in [0.15, 0.2) is 24.3 Å². The van der Waals surface area contributed by atoms with Gasteiger partial charge in [-0.05, 0) is 17.7 Å². The lowest BCUT2D eigenvalue weighted by Gasteiger charge is -2.01. The molecular weight excluding hydrogens is 278 g/mol. The number of thioether (sulfide) groups is 1. The van der Waals surface area contributed by atoms with E-state index in [4.69, 9.17) is 4.55 Å². The van der Waals surface area contributed by atoms with Gasteiger partial charge in [-0.25, -0.2) is 0 Å². The largest absolute Gasteiger partial charge is 0.286 e. The summed E-state index contributed by atoms with van der Waals surface area (Å²) in [7, 11) is -3.88. The van der Waals surface area contributed by atoms with Crippen LogP contribution in [0.25, 0.3) is 0 Å². The number of hydrogen-bond donors (Lipinski definition) is 1. The summed E-state index contributed by atoms with van der Waals surface area (Å²) < 4.78 is 29.4. The van der Waals surface area contributed by atoms with Crippen molar-refractivity contribution in [3.05, 3.63) is 39.9 Å². The van der Waals surface area contributed by atoms with Gasteiger partial charge in [0.1, 0.15) is 0 Å². The normalized spacial score (nSPS) is 11.4. The molecule has 0 saturated heterocycles. The highest BCUT2D eigenvalue weighted by molar-refractivity contribution is 8.00. The van der Waals surface area contributed by atoms with Crippen molar-refractivity contribution in [1.82, 2.24) is 0 Å². The highest BCUT2D eigenvalue weighted by Crippen LogP contribution is 2.14. The molecular formula is C10H13NO5S2. The average molecular weight is 291 g/mol. The number of nitro benzene ring substituents is 1.